The van der Waals surface area contributed by atoms with E-state index in [-0.39, 0.29) is 0 Å². The maximum absolute atomic E-state index is 5.89. The number of nitrogens with two attached hydrogens (primary N) is 1. The van der Waals surface area contributed by atoms with Gasteiger partial charge in [0.2, 0.25) is 0 Å². The van der Waals surface area contributed by atoms with Gasteiger partial charge in [-0.15, -0.1) is 0 Å². The van der Waals surface area contributed by atoms with Crippen LogP contribution in [0.25, 0.3) is 0 Å². The molecule has 1 aliphatic rings. The third-order valence-corrected chi connectivity index (χ3v) is 2.68. The van der Waals surface area contributed by atoms with E-state index in [1.165, 1.54) is 12.8 Å². The highest BCUT2D eigenvalue weighted by atomic mass is 35.5. The van der Waals surface area contributed by atoms with Crippen LogP contribution in [0.15, 0.2) is 0 Å². The molecule has 2 rings (SSSR count). The maximum Gasteiger partial charge on any atom is 0.157 e. The molecule has 1 fully saturated rings. The summed E-state index contributed by atoms with van der Waals surface area (Å²) in [6, 6.07) is 0. The number of halogens is 1. The van der Waals surface area contributed by atoms with Gasteiger partial charge in [0.05, 0.1) is 0 Å². The van der Waals surface area contributed by atoms with Crippen LogP contribution in [0.2, 0.25) is 5.15 Å². The lowest BCUT2D eigenvalue weighted by molar-refractivity contribution is 0.913. The van der Waals surface area contributed by atoms with E-state index in [1.807, 2.05) is 6.92 Å². The summed E-state index contributed by atoms with van der Waals surface area (Å²) in [5, 5.41) is 0.361. The number of rotatable bonds is 1. The van der Waals surface area contributed by atoms with Gasteiger partial charge in [-0.2, -0.15) is 0 Å². The molecule has 1 aromatic heterocycles. The van der Waals surface area contributed by atoms with Crippen molar-refractivity contribution >= 4 is 23.1 Å². The van der Waals surface area contributed by atoms with Crippen molar-refractivity contribution in [2.75, 3.05) is 23.7 Å². The second kappa shape index (κ2) is 3.61. The molecule has 5 heteroatoms. The molecule has 0 atom stereocenters. The minimum absolute atomic E-state index is 0.361. The number of anilines is 2. The molecule has 0 bridgehead atoms. The van der Waals surface area contributed by atoms with E-state index in [1.54, 1.807) is 0 Å². The normalized spacial score (nSPS) is 16.3. The van der Waals surface area contributed by atoms with Crippen molar-refractivity contribution in [1.29, 1.82) is 0 Å². The Morgan fingerprint density at radius 3 is 2.57 bits per heavy atom. The van der Waals surface area contributed by atoms with Crippen molar-refractivity contribution in [1.82, 2.24) is 9.97 Å². The third-order valence-electron chi connectivity index (χ3n) is 2.40. The Labute approximate surface area is 88.1 Å². The van der Waals surface area contributed by atoms with Gasteiger partial charge in [-0.25, -0.2) is 9.97 Å². The number of hydrogen-bond acceptors (Lipinski definition) is 4. The van der Waals surface area contributed by atoms with Gasteiger partial charge >= 0.3 is 0 Å². The van der Waals surface area contributed by atoms with E-state index < -0.39 is 0 Å². The number of aryl methyl sites for hydroxylation is 1. The van der Waals surface area contributed by atoms with Crippen molar-refractivity contribution in [3.05, 3.63) is 11.0 Å². The first kappa shape index (κ1) is 9.52. The van der Waals surface area contributed by atoms with Crippen molar-refractivity contribution in [2.45, 2.75) is 19.8 Å². The fourth-order valence-electron chi connectivity index (χ4n) is 1.70. The Kier molecular flexibility index (Phi) is 2.46. The monoisotopic (exact) mass is 212 g/mol. The molecule has 0 aliphatic carbocycles. The van der Waals surface area contributed by atoms with Crippen LogP contribution < -0.4 is 10.6 Å². The average molecular weight is 213 g/mol. The molecular weight excluding hydrogens is 200 g/mol. The van der Waals surface area contributed by atoms with Crippen molar-refractivity contribution < 1.29 is 0 Å². The summed E-state index contributed by atoms with van der Waals surface area (Å²) in [6.07, 6.45) is 2.39. The summed E-state index contributed by atoms with van der Waals surface area (Å²) < 4.78 is 0. The molecule has 1 aliphatic heterocycles. The second-order valence-electron chi connectivity index (χ2n) is 3.49. The van der Waals surface area contributed by atoms with Crippen LogP contribution >= 0.6 is 11.6 Å². The zero-order chi connectivity index (χ0) is 10.1. The average Bonchev–Trinajstić information content (AvgIpc) is 2.63. The van der Waals surface area contributed by atoms with Crippen LogP contribution in [0.4, 0.5) is 11.5 Å². The number of nitrogens with zero attached hydrogens (tertiary/aromatic N) is 3. The Balaban J connectivity index is 2.40. The Bertz CT molecular complexity index is 347. The molecule has 1 saturated heterocycles. The zero-order valence-electron chi connectivity index (χ0n) is 8.13. The van der Waals surface area contributed by atoms with Crippen molar-refractivity contribution in [3.8, 4) is 0 Å². The van der Waals surface area contributed by atoms with Gasteiger partial charge in [-0.05, 0) is 19.8 Å². The second-order valence-corrected chi connectivity index (χ2v) is 3.85. The first-order valence-corrected chi connectivity index (χ1v) is 5.11. The highest BCUT2D eigenvalue weighted by Crippen LogP contribution is 2.28. The number of hydrogen-bond donors (Lipinski definition) is 1. The van der Waals surface area contributed by atoms with Crippen LogP contribution in [0, 0.1) is 6.92 Å². The third kappa shape index (κ3) is 1.62. The molecule has 2 N–H and O–H groups in total. The lowest BCUT2D eigenvalue weighted by Gasteiger charge is -2.18. The first-order chi connectivity index (χ1) is 6.68. The Morgan fingerprint density at radius 1 is 1.29 bits per heavy atom. The lowest BCUT2D eigenvalue weighted by Crippen LogP contribution is -2.21. The summed E-state index contributed by atoms with van der Waals surface area (Å²) in [4.78, 5) is 10.5. The molecule has 0 saturated carbocycles. The largest absolute Gasteiger partial charge is 0.393 e. The summed E-state index contributed by atoms with van der Waals surface area (Å²) in [5.41, 5.74) is 6.33. The van der Waals surface area contributed by atoms with Gasteiger partial charge in [0.1, 0.15) is 11.5 Å². The topological polar surface area (TPSA) is 55.0 Å². The maximum atomic E-state index is 5.89. The standard InChI is InChI=1S/C9H13ClN4/c1-6-12-8(10)7(11)9(13-6)14-4-2-3-5-14/h2-5,11H2,1H3. The highest BCUT2D eigenvalue weighted by molar-refractivity contribution is 6.32. The number of nitrogen functional groups attached to an aromatic ring is 1. The van der Waals surface area contributed by atoms with Gasteiger partial charge in [0.15, 0.2) is 11.0 Å². The fourth-order valence-corrected chi connectivity index (χ4v) is 1.91. The van der Waals surface area contributed by atoms with Crippen LogP contribution in [0.1, 0.15) is 18.7 Å². The zero-order valence-corrected chi connectivity index (χ0v) is 8.88. The van der Waals surface area contributed by atoms with Crippen LogP contribution in [-0.2, 0) is 0 Å². The smallest absolute Gasteiger partial charge is 0.157 e. The molecule has 0 aromatic carbocycles. The van der Waals surface area contributed by atoms with Crippen molar-refractivity contribution in [3.63, 3.8) is 0 Å². The predicted octanol–water partition coefficient (Wildman–Crippen LogP) is 1.62. The summed E-state index contributed by atoms with van der Waals surface area (Å²) >= 11 is 5.89. The minimum atomic E-state index is 0.361. The fraction of sp³-hybridized carbons (Fsp3) is 0.556. The van der Waals surface area contributed by atoms with Gasteiger partial charge < -0.3 is 10.6 Å². The highest BCUT2D eigenvalue weighted by Gasteiger charge is 2.18. The molecule has 0 unspecified atom stereocenters. The Morgan fingerprint density at radius 2 is 1.93 bits per heavy atom. The molecule has 0 radical (unpaired) electrons. The van der Waals surface area contributed by atoms with Gasteiger partial charge in [-0.3, -0.25) is 0 Å². The molecule has 2 heterocycles. The molecule has 76 valence electrons. The molecular formula is C9H13ClN4. The molecule has 14 heavy (non-hydrogen) atoms. The van der Waals surface area contributed by atoms with Crippen molar-refractivity contribution in [2.24, 2.45) is 0 Å². The van der Waals surface area contributed by atoms with Crippen LogP contribution in [0.3, 0.4) is 0 Å². The molecule has 0 amide bonds. The van der Waals surface area contributed by atoms with Gasteiger partial charge in [0, 0.05) is 13.1 Å². The van der Waals surface area contributed by atoms with Gasteiger partial charge in [0.25, 0.3) is 0 Å². The summed E-state index contributed by atoms with van der Waals surface area (Å²) in [6.45, 7) is 3.85. The van der Waals surface area contributed by atoms with Crippen LogP contribution in [0.5, 0.6) is 0 Å². The molecule has 4 nitrogen and oxygen atoms in total. The van der Waals surface area contributed by atoms with E-state index in [4.69, 9.17) is 17.3 Å². The SMILES string of the molecule is Cc1nc(Cl)c(N)c(N2CCCC2)n1. The summed E-state index contributed by atoms with van der Waals surface area (Å²) in [5.74, 6) is 1.46. The van der Waals surface area contributed by atoms with E-state index in [9.17, 15) is 0 Å². The molecule has 0 spiro atoms. The van der Waals surface area contributed by atoms with E-state index in [0.29, 0.717) is 16.7 Å². The quantitative estimate of drug-likeness (QED) is 0.719. The predicted molar refractivity (Wildman–Crippen MR) is 57.6 cm³/mol. The van der Waals surface area contributed by atoms with E-state index >= 15 is 0 Å². The lowest BCUT2D eigenvalue weighted by atomic mass is 10.4. The minimum Gasteiger partial charge on any atom is -0.393 e. The first-order valence-electron chi connectivity index (χ1n) is 4.73. The van der Waals surface area contributed by atoms with E-state index in [2.05, 4.69) is 14.9 Å². The molecule has 1 aromatic rings. The number of aromatic nitrogens is 2. The Hall–Kier alpha value is -1.03. The van der Waals surface area contributed by atoms with Gasteiger partial charge in [-0.1, -0.05) is 11.6 Å². The van der Waals surface area contributed by atoms with E-state index in [0.717, 1.165) is 18.9 Å². The van der Waals surface area contributed by atoms with Crippen LogP contribution in [-0.4, -0.2) is 23.1 Å². The summed E-state index contributed by atoms with van der Waals surface area (Å²) in [7, 11) is 0.